The van der Waals surface area contributed by atoms with E-state index in [-0.39, 0.29) is 0 Å². The van der Waals surface area contributed by atoms with Gasteiger partial charge in [0.25, 0.3) is 0 Å². The van der Waals surface area contributed by atoms with Crippen LogP contribution in [0.1, 0.15) is 32.3 Å². The third-order valence-corrected chi connectivity index (χ3v) is 3.40. The van der Waals surface area contributed by atoms with E-state index in [4.69, 9.17) is 11.6 Å². The molecule has 1 nitrogen and oxygen atoms in total. The molecular weight excluding hydrogens is 218 g/mol. The predicted octanol–water partition coefficient (Wildman–Crippen LogP) is 4.80. The van der Waals surface area contributed by atoms with Gasteiger partial charge in [0.2, 0.25) is 0 Å². The standard InChI is InChI=1S/C14H18ClN/c1-3-5-10(2)8-11-9-16-13-7-4-6-12(15)14(11)13/h4,6-7,9-10,16H,3,5,8H2,1-2H3. The fraction of sp³-hybridized carbons (Fsp3) is 0.429. The number of fused-ring (bicyclic) bond motifs is 1. The summed E-state index contributed by atoms with van der Waals surface area (Å²) in [5, 5.41) is 2.06. The Morgan fingerprint density at radius 3 is 2.94 bits per heavy atom. The fourth-order valence-electron chi connectivity index (χ4n) is 2.34. The van der Waals surface area contributed by atoms with E-state index >= 15 is 0 Å². The summed E-state index contributed by atoms with van der Waals surface area (Å²) in [6, 6.07) is 6.03. The predicted molar refractivity (Wildman–Crippen MR) is 71.1 cm³/mol. The van der Waals surface area contributed by atoms with Crippen LogP contribution in [0.4, 0.5) is 0 Å². The smallest absolute Gasteiger partial charge is 0.0502 e. The van der Waals surface area contributed by atoms with Crippen LogP contribution in [-0.4, -0.2) is 4.98 Å². The molecule has 0 saturated heterocycles. The van der Waals surface area contributed by atoms with Crippen molar-refractivity contribution in [1.29, 1.82) is 0 Å². The molecule has 1 aromatic heterocycles. The van der Waals surface area contributed by atoms with Crippen molar-refractivity contribution in [2.45, 2.75) is 33.1 Å². The third-order valence-electron chi connectivity index (χ3n) is 3.09. The molecule has 1 atom stereocenters. The van der Waals surface area contributed by atoms with Crippen molar-refractivity contribution in [2.75, 3.05) is 0 Å². The van der Waals surface area contributed by atoms with E-state index in [2.05, 4.69) is 31.1 Å². The maximum Gasteiger partial charge on any atom is 0.0502 e. The number of aromatic amines is 1. The summed E-state index contributed by atoms with van der Waals surface area (Å²) in [6.45, 7) is 4.54. The number of benzene rings is 1. The molecule has 16 heavy (non-hydrogen) atoms. The van der Waals surface area contributed by atoms with Crippen molar-refractivity contribution in [3.05, 3.63) is 35.0 Å². The zero-order valence-electron chi connectivity index (χ0n) is 9.89. The van der Waals surface area contributed by atoms with Gasteiger partial charge >= 0.3 is 0 Å². The molecule has 2 rings (SSSR count). The molecule has 2 heteroatoms. The Labute approximate surface area is 102 Å². The van der Waals surface area contributed by atoms with Gasteiger partial charge in [0.05, 0.1) is 5.02 Å². The number of rotatable bonds is 4. The minimum Gasteiger partial charge on any atom is -0.361 e. The Balaban J connectivity index is 2.31. The number of aromatic nitrogens is 1. The van der Waals surface area contributed by atoms with E-state index in [0.717, 1.165) is 22.9 Å². The van der Waals surface area contributed by atoms with Crippen LogP contribution in [0.25, 0.3) is 10.9 Å². The molecule has 0 bridgehead atoms. The number of nitrogens with one attached hydrogen (secondary N) is 1. The first kappa shape index (κ1) is 11.5. The topological polar surface area (TPSA) is 15.8 Å². The fourth-order valence-corrected chi connectivity index (χ4v) is 2.63. The molecule has 0 amide bonds. The number of hydrogen-bond acceptors (Lipinski definition) is 0. The molecule has 1 N–H and O–H groups in total. The quantitative estimate of drug-likeness (QED) is 0.784. The highest BCUT2D eigenvalue weighted by atomic mass is 35.5. The van der Waals surface area contributed by atoms with Crippen molar-refractivity contribution in [3.8, 4) is 0 Å². The molecule has 1 aromatic carbocycles. The lowest BCUT2D eigenvalue weighted by molar-refractivity contribution is 0.524. The highest BCUT2D eigenvalue weighted by Gasteiger charge is 2.10. The minimum absolute atomic E-state index is 0.722. The summed E-state index contributed by atoms with van der Waals surface area (Å²) in [5.74, 6) is 0.722. The first-order chi connectivity index (χ1) is 7.72. The van der Waals surface area contributed by atoms with Crippen molar-refractivity contribution >= 4 is 22.5 Å². The van der Waals surface area contributed by atoms with Crippen LogP contribution in [0, 0.1) is 5.92 Å². The van der Waals surface area contributed by atoms with E-state index in [1.807, 2.05) is 12.1 Å². The van der Waals surface area contributed by atoms with E-state index < -0.39 is 0 Å². The Bertz CT molecular complexity index is 473. The molecule has 0 spiro atoms. The van der Waals surface area contributed by atoms with E-state index in [0.29, 0.717) is 0 Å². The summed E-state index contributed by atoms with van der Waals surface area (Å²) in [4.78, 5) is 3.29. The Hall–Kier alpha value is -0.950. The summed E-state index contributed by atoms with van der Waals surface area (Å²) >= 11 is 6.24. The van der Waals surface area contributed by atoms with Gasteiger partial charge in [0.15, 0.2) is 0 Å². The average Bonchev–Trinajstić information content (AvgIpc) is 2.63. The zero-order valence-corrected chi connectivity index (χ0v) is 10.6. The van der Waals surface area contributed by atoms with Crippen LogP contribution in [0.5, 0.6) is 0 Å². The van der Waals surface area contributed by atoms with Gasteiger partial charge in [-0.15, -0.1) is 0 Å². The van der Waals surface area contributed by atoms with E-state index in [1.54, 1.807) is 0 Å². The highest BCUT2D eigenvalue weighted by Crippen LogP contribution is 2.28. The first-order valence-corrected chi connectivity index (χ1v) is 6.34. The molecule has 2 aromatic rings. The molecule has 0 aliphatic carbocycles. The average molecular weight is 236 g/mol. The second kappa shape index (κ2) is 4.92. The Morgan fingerprint density at radius 2 is 2.19 bits per heavy atom. The summed E-state index contributed by atoms with van der Waals surface area (Å²) in [6.07, 6.45) is 5.73. The molecule has 0 aliphatic rings. The van der Waals surface area contributed by atoms with Crippen LogP contribution < -0.4 is 0 Å². The Kier molecular flexibility index (Phi) is 3.55. The van der Waals surface area contributed by atoms with Crippen molar-refractivity contribution < 1.29 is 0 Å². The monoisotopic (exact) mass is 235 g/mol. The number of H-pyrrole nitrogens is 1. The van der Waals surface area contributed by atoms with Gasteiger partial charge in [-0.1, -0.05) is 44.4 Å². The maximum atomic E-state index is 6.24. The van der Waals surface area contributed by atoms with Gasteiger partial charge < -0.3 is 4.98 Å². The van der Waals surface area contributed by atoms with Crippen LogP contribution >= 0.6 is 11.6 Å². The summed E-state index contributed by atoms with van der Waals surface area (Å²) < 4.78 is 0. The molecule has 1 unspecified atom stereocenters. The SMILES string of the molecule is CCCC(C)Cc1c[nH]c2cccc(Cl)c12. The van der Waals surface area contributed by atoms with Crippen molar-refractivity contribution in [2.24, 2.45) is 5.92 Å². The van der Waals surface area contributed by atoms with Gasteiger partial charge in [-0.2, -0.15) is 0 Å². The lowest BCUT2D eigenvalue weighted by Crippen LogP contribution is -1.98. The molecular formula is C14H18ClN. The maximum absolute atomic E-state index is 6.24. The normalized spacial score (nSPS) is 13.2. The summed E-state index contributed by atoms with van der Waals surface area (Å²) in [5.41, 5.74) is 2.49. The van der Waals surface area contributed by atoms with Gasteiger partial charge in [0.1, 0.15) is 0 Å². The largest absolute Gasteiger partial charge is 0.361 e. The van der Waals surface area contributed by atoms with Gasteiger partial charge in [-0.3, -0.25) is 0 Å². The van der Waals surface area contributed by atoms with Gasteiger partial charge in [-0.05, 0) is 30.0 Å². The minimum atomic E-state index is 0.722. The van der Waals surface area contributed by atoms with Crippen LogP contribution in [-0.2, 0) is 6.42 Å². The molecule has 86 valence electrons. The molecule has 0 aliphatic heterocycles. The molecule has 0 radical (unpaired) electrons. The second-order valence-corrected chi connectivity index (χ2v) is 4.98. The highest BCUT2D eigenvalue weighted by molar-refractivity contribution is 6.35. The van der Waals surface area contributed by atoms with Gasteiger partial charge in [0, 0.05) is 17.1 Å². The van der Waals surface area contributed by atoms with Crippen molar-refractivity contribution in [3.63, 3.8) is 0 Å². The number of halogens is 1. The Morgan fingerprint density at radius 1 is 1.38 bits per heavy atom. The molecule has 0 fully saturated rings. The van der Waals surface area contributed by atoms with E-state index in [9.17, 15) is 0 Å². The lowest BCUT2D eigenvalue weighted by atomic mass is 9.97. The van der Waals surface area contributed by atoms with Crippen LogP contribution in [0.2, 0.25) is 5.02 Å². The lowest BCUT2D eigenvalue weighted by Gasteiger charge is -2.09. The summed E-state index contributed by atoms with van der Waals surface area (Å²) in [7, 11) is 0. The van der Waals surface area contributed by atoms with Crippen LogP contribution in [0.15, 0.2) is 24.4 Å². The number of hydrogen-bond donors (Lipinski definition) is 1. The zero-order chi connectivity index (χ0) is 11.5. The van der Waals surface area contributed by atoms with E-state index in [1.165, 1.54) is 23.8 Å². The van der Waals surface area contributed by atoms with Crippen LogP contribution in [0.3, 0.4) is 0 Å². The van der Waals surface area contributed by atoms with Gasteiger partial charge in [-0.25, -0.2) is 0 Å². The second-order valence-electron chi connectivity index (χ2n) is 4.57. The first-order valence-electron chi connectivity index (χ1n) is 5.96. The van der Waals surface area contributed by atoms with Crippen molar-refractivity contribution in [1.82, 2.24) is 4.98 Å². The molecule has 0 saturated carbocycles. The molecule has 1 heterocycles. The third kappa shape index (κ3) is 2.25.